The van der Waals surface area contributed by atoms with Crippen molar-refractivity contribution in [3.8, 4) is 78.5 Å². The third kappa shape index (κ3) is 6.75. The van der Waals surface area contributed by atoms with Gasteiger partial charge >= 0.3 is 0 Å². The molecule has 0 saturated heterocycles. The topological polar surface area (TPSA) is 51.6 Å². The van der Waals surface area contributed by atoms with E-state index in [2.05, 4.69) is 170 Å². The van der Waals surface area contributed by atoms with Crippen molar-refractivity contribution in [3.05, 3.63) is 206 Å². The molecular formula is C53H36N4. The number of hydrogen-bond acceptors (Lipinski definition) is 4. The van der Waals surface area contributed by atoms with Gasteiger partial charge in [-0.2, -0.15) is 0 Å². The molecule has 4 nitrogen and oxygen atoms in total. The van der Waals surface area contributed by atoms with Gasteiger partial charge in [0.05, 0.1) is 28.1 Å². The highest BCUT2D eigenvalue weighted by Crippen LogP contribution is 2.37. The minimum Gasteiger partial charge on any atom is -0.251 e. The van der Waals surface area contributed by atoms with Gasteiger partial charge in [0.1, 0.15) is 0 Å². The van der Waals surface area contributed by atoms with Crippen LogP contribution in [0.15, 0.2) is 200 Å². The monoisotopic (exact) mass is 728 g/mol. The van der Waals surface area contributed by atoms with Gasteiger partial charge in [0.2, 0.25) is 0 Å². The van der Waals surface area contributed by atoms with Gasteiger partial charge in [0.15, 0.2) is 5.82 Å². The average molecular weight is 729 g/mol. The number of pyridine rings is 2. The molecule has 0 aliphatic carbocycles. The second kappa shape index (κ2) is 14.6. The van der Waals surface area contributed by atoms with Gasteiger partial charge in [0, 0.05) is 38.7 Å². The molecule has 268 valence electrons. The highest BCUT2D eigenvalue weighted by atomic mass is 14.9. The lowest BCUT2D eigenvalue weighted by molar-refractivity contribution is 1.18. The number of rotatable bonds is 7. The molecule has 0 radical (unpaired) electrons. The van der Waals surface area contributed by atoms with E-state index >= 15 is 0 Å². The molecule has 0 aliphatic rings. The Morgan fingerprint density at radius 3 is 1.42 bits per heavy atom. The largest absolute Gasteiger partial charge is 0.251 e. The van der Waals surface area contributed by atoms with Crippen LogP contribution in [0.1, 0.15) is 5.69 Å². The number of fused-ring (bicyclic) bond motifs is 3. The zero-order chi connectivity index (χ0) is 38.1. The molecule has 0 N–H and O–H groups in total. The predicted octanol–water partition coefficient (Wildman–Crippen LogP) is 13.6. The molecule has 0 aliphatic heterocycles. The van der Waals surface area contributed by atoms with E-state index in [9.17, 15) is 0 Å². The van der Waals surface area contributed by atoms with Crippen molar-refractivity contribution in [1.82, 2.24) is 19.9 Å². The van der Waals surface area contributed by atoms with Crippen molar-refractivity contribution in [2.45, 2.75) is 6.92 Å². The molecule has 0 bridgehead atoms. The Labute approximate surface area is 331 Å². The van der Waals surface area contributed by atoms with E-state index in [4.69, 9.17) is 19.9 Å². The molecule has 0 amide bonds. The molecule has 4 heteroatoms. The third-order valence-corrected chi connectivity index (χ3v) is 10.6. The van der Waals surface area contributed by atoms with Crippen LogP contribution in [-0.4, -0.2) is 19.9 Å². The van der Waals surface area contributed by atoms with Crippen LogP contribution in [0.3, 0.4) is 0 Å². The summed E-state index contributed by atoms with van der Waals surface area (Å²) in [6, 6.07) is 69.9. The lowest BCUT2D eigenvalue weighted by Gasteiger charge is -2.13. The zero-order valence-corrected chi connectivity index (χ0v) is 31.3. The number of nitrogens with zero attached hydrogens (tertiary/aromatic N) is 4. The summed E-state index contributed by atoms with van der Waals surface area (Å²) in [4.78, 5) is 20.4. The molecule has 10 aromatic rings. The molecule has 0 spiro atoms. The van der Waals surface area contributed by atoms with E-state index in [0.717, 1.165) is 89.1 Å². The quantitative estimate of drug-likeness (QED) is 0.153. The van der Waals surface area contributed by atoms with Crippen LogP contribution in [0.2, 0.25) is 0 Å². The van der Waals surface area contributed by atoms with E-state index in [1.54, 1.807) is 0 Å². The summed E-state index contributed by atoms with van der Waals surface area (Å²) < 4.78 is 0. The highest BCUT2D eigenvalue weighted by molar-refractivity contribution is 6.09. The molecule has 3 aromatic heterocycles. The number of hydrogen-bond donors (Lipinski definition) is 0. The van der Waals surface area contributed by atoms with Crippen LogP contribution >= 0.6 is 0 Å². The molecule has 0 fully saturated rings. The Balaban J connectivity index is 1.03. The van der Waals surface area contributed by atoms with Gasteiger partial charge in [-0.15, -0.1) is 0 Å². The second-order valence-corrected chi connectivity index (χ2v) is 14.3. The number of aryl methyl sites for hydroxylation is 1. The fraction of sp³-hybridized carbons (Fsp3) is 0.0189. The molecule has 57 heavy (non-hydrogen) atoms. The Hall–Kier alpha value is -7.56. The van der Waals surface area contributed by atoms with Crippen molar-refractivity contribution in [3.63, 3.8) is 0 Å². The maximum absolute atomic E-state index is 5.20. The van der Waals surface area contributed by atoms with Crippen LogP contribution < -0.4 is 0 Å². The molecule has 7 aromatic carbocycles. The minimum absolute atomic E-state index is 0.685. The lowest BCUT2D eigenvalue weighted by atomic mass is 9.95. The zero-order valence-electron chi connectivity index (χ0n) is 31.3. The number of aromatic nitrogens is 4. The molecule has 0 atom stereocenters. The Bertz CT molecular complexity index is 3030. The first-order chi connectivity index (χ1) is 28.1. The van der Waals surface area contributed by atoms with E-state index in [-0.39, 0.29) is 0 Å². The standard InChI is InChI=1S/C53H36N4/c1-35-20-21-43-30-31-46-47(33-48(40-14-7-3-8-15-40)55-52(46)51(43)54-35)39-26-22-38(23-27-39)44-18-11-19-45(32-44)53-56-49(41-16-9-4-10-17-41)34-50(57-53)42-28-24-37(25-29-42)36-12-5-2-6-13-36/h2-34H,1H3. The molecule has 3 heterocycles. The lowest BCUT2D eigenvalue weighted by Crippen LogP contribution is -1.96. The summed E-state index contributed by atoms with van der Waals surface area (Å²) in [7, 11) is 0. The summed E-state index contributed by atoms with van der Waals surface area (Å²) in [5, 5.41) is 2.16. The predicted molar refractivity (Wildman–Crippen MR) is 235 cm³/mol. The van der Waals surface area contributed by atoms with Crippen LogP contribution in [0, 0.1) is 6.92 Å². The highest BCUT2D eigenvalue weighted by Gasteiger charge is 2.15. The molecule has 10 rings (SSSR count). The Morgan fingerprint density at radius 1 is 0.298 bits per heavy atom. The first-order valence-electron chi connectivity index (χ1n) is 19.2. The van der Waals surface area contributed by atoms with Crippen LogP contribution in [-0.2, 0) is 0 Å². The maximum atomic E-state index is 5.20. The van der Waals surface area contributed by atoms with Gasteiger partial charge in [-0.05, 0) is 64.6 Å². The van der Waals surface area contributed by atoms with Crippen molar-refractivity contribution >= 4 is 21.8 Å². The van der Waals surface area contributed by atoms with Gasteiger partial charge in [0.25, 0.3) is 0 Å². The number of benzene rings is 7. The fourth-order valence-corrected chi connectivity index (χ4v) is 7.59. The van der Waals surface area contributed by atoms with Gasteiger partial charge in [-0.25, -0.2) is 15.0 Å². The first-order valence-corrected chi connectivity index (χ1v) is 19.2. The van der Waals surface area contributed by atoms with Gasteiger partial charge in [-0.3, -0.25) is 4.98 Å². The summed E-state index contributed by atoms with van der Waals surface area (Å²) in [5.41, 5.74) is 16.4. The van der Waals surface area contributed by atoms with Gasteiger partial charge in [-0.1, -0.05) is 176 Å². The van der Waals surface area contributed by atoms with Crippen LogP contribution in [0.4, 0.5) is 0 Å². The van der Waals surface area contributed by atoms with E-state index in [1.807, 2.05) is 37.3 Å². The summed E-state index contributed by atoms with van der Waals surface area (Å²) >= 11 is 0. The van der Waals surface area contributed by atoms with Gasteiger partial charge < -0.3 is 0 Å². The first kappa shape index (κ1) is 34.0. The molecular weight excluding hydrogens is 693 g/mol. The van der Waals surface area contributed by atoms with E-state index in [1.165, 1.54) is 11.1 Å². The Morgan fingerprint density at radius 2 is 0.772 bits per heavy atom. The third-order valence-electron chi connectivity index (χ3n) is 10.6. The van der Waals surface area contributed by atoms with E-state index in [0.29, 0.717) is 5.82 Å². The van der Waals surface area contributed by atoms with Crippen molar-refractivity contribution in [1.29, 1.82) is 0 Å². The second-order valence-electron chi connectivity index (χ2n) is 14.3. The summed E-state index contributed by atoms with van der Waals surface area (Å²) in [6.07, 6.45) is 0. The van der Waals surface area contributed by atoms with E-state index < -0.39 is 0 Å². The maximum Gasteiger partial charge on any atom is 0.160 e. The molecule has 0 unspecified atom stereocenters. The average Bonchev–Trinajstić information content (AvgIpc) is 3.29. The fourth-order valence-electron chi connectivity index (χ4n) is 7.59. The van der Waals surface area contributed by atoms with Crippen molar-refractivity contribution < 1.29 is 0 Å². The normalized spacial score (nSPS) is 11.2. The van der Waals surface area contributed by atoms with Crippen LogP contribution in [0.5, 0.6) is 0 Å². The smallest absolute Gasteiger partial charge is 0.160 e. The van der Waals surface area contributed by atoms with Crippen molar-refractivity contribution in [2.24, 2.45) is 0 Å². The van der Waals surface area contributed by atoms with Crippen LogP contribution in [0.25, 0.3) is 100 Å². The summed E-state index contributed by atoms with van der Waals surface area (Å²) in [6.45, 7) is 2.03. The van der Waals surface area contributed by atoms with Crippen molar-refractivity contribution in [2.75, 3.05) is 0 Å². The SMILES string of the molecule is Cc1ccc2ccc3c(-c4ccc(-c5cccc(-c6nc(-c7ccccc7)cc(-c7ccc(-c8ccccc8)cc7)n6)c5)cc4)cc(-c4ccccc4)nc3c2n1. The Kier molecular flexibility index (Phi) is 8.69. The summed E-state index contributed by atoms with van der Waals surface area (Å²) in [5.74, 6) is 0.685. The minimum atomic E-state index is 0.685. The molecule has 0 saturated carbocycles.